The largest absolute Gasteiger partial charge is 0.394 e. The van der Waals surface area contributed by atoms with Crippen molar-refractivity contribution in [1.29, 1.82) is 0 Å². The second kappa shape index (κ2) is 10.0. The van der Waals surface area contributed by atoms with Crippen molar-refractivity contribution in [3.05, 3.63) is 0 Å². The zero-order valence-corrected chi connectivity index (χ0v) is 18.1. The number of hydrogen-bond acceptors (Lipinski definition) is 11. The number of aliphatic hydroxyl groups excluding tert-OH is 1. The lowest BCUT2D eigenvalue weighted by Crippen LogP contribution is -2.54. The van der Waals surface area contributed by atoms with E-state index in [1.807, 2.05) is 9.80 Å². The zero-order chi connectivity index (χ0) is 21.8. The minimum Gasteiger partial charge on any atom is -0.394 e. The number of nitrogens with two attached hydrogens (primary N) is 4. The summed E-state index contributed by atoms with van der Waals surface area (Å²) < 4.78 is 0. The zero-order valence-electron chi connectivity index (χ0n) is 18.1. The Morgan fingerprint density at radius 3 is 1.70 bits per heavy atom. The Morgan fingerprint density at radius 1 is 0.900 bits per heavy atom. The molecule has 2 fully saturated rings. The summed E-state index contributed by atoms with van der Waals surface area (Å²) in [5, 5.41) is 13.1. The van der Waals surface area contributed by atoms with Crippen LogP contribution >= 0.6 is 0 Å². The van der Waals surface area contributed by atoms with Crippen LogP contribution in [-0.4, -0.2) is 83.1 Å². The van der Waals surface area contributed by atoms with Gasteiger partial charge in [-0.25, -0.2) is 0 Å². The minimum atomic E-state index is -0.158. The Bertz CT molecular complexity index is 627. The summed E-state index contributed by atoms with van der Waals surface area (Å²) in [7, 11) is 0. The number of rotatable bonds is 7. The third-order valence-corrected chi connectivity index (χ3v) is 6.05. The molecule has 6 atom stereocenters. The van der Waals surface area contributed by atoms with Gasteiger partial charge in [0.25, 0.3) is 0 Å². The average molecular weight is 423 g/mol. The molecule has 1 aromatic rings. The van der Waals surface area contributed by atoms with Crippen LogP contribution in [0, 0.1) is 5.92 Å². The minimum absolute atomic E-state index is 0.00964. The monoisotopic (exact) mass is 422 g/mol. The Morgan fingerprint density at radius 2 is 1.33 bits per heavy atom. The summed E-state index contributed by atoms with van der Waals surface area (Å²) in [4.78, 5) is 18.0. The Labute approximate surface area is 178 Å². The third-order valence-electron chi connectivity index (χ3n) is 6.05. The molecule has 1 aromatic heterocycles. The molecule has 11 nitrogen and oxygen atoms in total. The highest BCUT2D eigenvalue weighted by Crippen LogP contribution is 2.23. The van der Waals surface area contributed by atoms with Crippen molar-refractivity contribution in [1.82, 2.24) is 15.0 Å². The quantitative estimate of drug-likeness (QED) is 0.298. The first-order valence-electron chi connectivity index (χ1n) is 10.9. The maximum Gasteiger partial charge on any atom is 0.232 e. The number of hydrogen-bond donors (Lipinski definition) is 6. The fourth-order valence-corrected chi connectivity index (χ4v) is 4.20. The van der Waals surface area contributed by atoms with Gasteiger partial charge in [0.05, 0.1) is 12.6 Å². The van der Waals surface area contributed by atoms with E-state index in [1.54, 1.807) is 0 Å². The maximum absolute atomic E-state index is 9.84. The molecule has 0 saturated carbocycles. The van der Waals surface area contributed by atoms with Crippen LogP contribution in [0.2, 0.25) is 0 Å². The molecule has 3 heterocycles. The fourth-order valence-electron chi connectivity index (χ4n) is 4.20. The number of aromatic nitrogens is 3. The van der Waals surface area contributed by atoms with Crippen LogP contribution in [0.3, 0.4) is 0 Å². The lowest BCUT2D eigenvalue weighted by Gasteiger charge is -2.37. The lowest BCUT2D eigenvalue weighted by atomic mass is 10.0. The van der Waals surface area contributed by atoms with E-state index in [2.05, 4.69) is 29.1 Å². The van der Waals surface area contributed by atoms with E-state index in [0.717, 1.165) is 19.3 Å². The van der Waals surface area contributed by atoms with E-state index in [0.29, 0.717) is 44.0 Å². The van der Waals surface area contributed by atoms with E-state index in [4.69, 9.17) is 27.9 Å². The molecule has 0 aromatic carbocycles. The highest BCUT2D eigenvalue weighted by molar-refractivity contribution is 5.47. The topological polar surface area (TPSA) is 181 Å². The van der Waals surface area contributed by atoms with E-state index in [1.165, 1.54) is 0 Å². The predicted molar refractivity (Wildman–Crippen MR) is 119 cm³/mol. The van der Waals surface area contributed by atoms with Gasteiger partial charge in [0.15, 0.2) is 0 Å². The standard InChI is InChI=1S/C19H38N10O/c1-3-11(2)16(10-30)24-17-25-18(28-6-12(20)4-13(21)7-28)27-19(26-17)29-8-14(22)5-15(23)9-29/h11-16,30H,3-10,20-23H2,1-2H3,(H,24,25,26,27)/t11?,12-,13+,14-,15+,16?. The van der Waals surface area contributed by atoms with Crippen molar-refractivity contribution in [2.45, 2.75) is 63.3 Å². The summed E-state index contributed by atoms with van der Waals surface area (Å²) in [6.45, 7) is 6.68. The molecule has 2 aliphatic rings. The van der Waals surface area contributed by atoms with Gasteiger partial charge in [-0.05, 0) is 18.8 Å². The number of nitrogens with zero attached hydrogens (tertiary/aromatic N) is 5. The molecule has 30 heavy (non-hydrogen) atoms. The van der Waals surface area contributed by atoms with E-state index in [9.17, 15) is 5.11 Å². The van der Waals surface area contributed by atoms with Crippen LogP contribution in [0.25, 0.3) is 0 Å². The second-order valence-corrected chi connectivity index (χ2v) is 8.90. The number of piperidine rings is 2. The van der Waals surface area contributed by atoms with Crippen molar-refractivity contribution >= 4 is 17.8 Å². The van der Waals surface area contributed by atoms with Crippen LogP contribution in [0.15, 0.2) is 0 Å². The van der Waals surface area contributed by atoms with Gasteiger partial charge in [-0.3, -0.25) is 0 Å². The summed E-state index contributed by atoms with van der Waals surface area (Å²) in [5.41, 5.74) is 24.7. The number of nitrogens with one attached hydrogen (secondary N) is 1. The molecule has 11 heteroatoms. The fraction of sp³-hybridized carbons (Fsp3) is 0.842. The van der Waals surface area contributed by atoms with Crippen LogP contribution in [0.4, 0.5) is 17.8 Å². The molecular weight excluding hydrogens is 384 g/mol. The molecule has 0 bridgehead atoms. The summed E-state index contributed by atoms with van der Waals surface area (Å²) in [6, 6.07) is -0.296. The first-order valence-corrected chi connectivity index (χ1v) is 10.9. The van der Waals surface area contributed by atoms with Gasteiger partial charge < -0.3 is 43.2 Å². The van der Waals surface area contributed by atoms with Crippen LogP contribution < -0.4 is 38.1 Å². The van der Waals surface area contributed by atoms with Crippen molar-refractivity contribution in [2.75, 3.05) is 47.9 Å². The smallest absolute Gasteiger partial charge is 0.232 e. The van der Waals surface area contributed by atoms with Crippen molar-refractivity contribution in [3.63, 3.8) is 0 Å². The van der Waals surface area contributed by atoms with Crippen molar-refractivity contribution in [3.8, 4) is 0 Å². The number of aliphatic hydroxyl groups is 1. The van der Waals surface area contributed by atoms with Crippen LogP contribution in [0.1, 0.15) is 33.1 Å². The van der Waals surface area contributed by atoms with E-state index < -0.39 is 0 Å². The first kappa shape index (κ1) is 22.9. The molecule has 170 valence electrons. The van der Waals surface area contributed by atoms with Gasteiger partial charge in [-0.15, -0.1) is 0 Å². The van der Waals surface area contributed by atoms with Gasteiger partial charge in [-0.2, -0.15) is 15.0 Å². The van der Waals surface area contributed by atoms with Gasteiger partial charge in [0, 0.05) is 50.3 Å². The highest BCUT2D eigenvalue weighted by atomic mass is 16.3. The maximum atomic E-state index is 9.84. The summed E-state index contributed by atoms with van der Waals surface area (Å²) in [5.74, 6) is 1.74. The van der Waals surface area contributed by atoms with Crippen LogP contribution in [-0.2, 0) is 0 Å². The molecule has 0 radical (unpaired) electrons. The Kier molecular flexibility index (Phi) is 7.64. The van der Waals surface area contributed by atoms with Crippen molar-refractivity contribution in [2.24, 2.45) is 28.9 Å². The predicted octanol–water partition coefficient (Wildman–Crippen LogP) is -1.58. The van der Waals surface area contributed by atoms with Gasteiger partial charge in [0.1, 0.15) is 0 Å². The third kappa shape index (κ3) is 5.67. The van der Waals surface area contributed by atoms with Gasteiger partial charge in [-0.1, -0.05) is 20.3 Å². The first-order chi connectivity index (χ1) is 14.3. The molecule has 2 aliphatic heterocycles. The van der Waals surface area contributed by atoms with E-state index in [-0.39, 0.29) is 42.7 Å². The second-order valence-electron chi connectivity index (χ2n) is 8.90. The molecule has 0 spiro atoms. The van der Waals surface area contributed by atoms with E-state index >= 15 is 0 Å². The summed E-state index contributed by atoms with van der Waals surface area (Å²) >= 11 is 0. The Balaban J connectivity index is 1.92. The van der Waals surface area contributed by atoms with Crippen molar-refractivity contribution < 1.29 is 5.11 Å². The molecular formula is C19H38N10O. The molecule has 2 saturated heterocycles. The molecule has 10 N–H and O–H groups in total. The van der Waals surface area contributed by atoms with Gasteiger partial charge >= 0.3 is 0 Å². The Hall–Kier alpha value is -1.79. The molecule has 0 amide bonds. The lowest BCUT2D eigenvalue weighted by molar-refractivity contribution is 0.240. The SMILES string of the molecule is CCC(C)C(CO)Nc1nc(N2C[C@H](N)C[C@H](N)C2)nc(N2C[C@H](N)C[C@H](N)C2)n1. The molecule has 0 aliphatic carbocycles. The van der Waals surface area contributed by atoms with Crippen LogP contribution in [0.5, 0.6) is 0 Å². The van der Waals surface area contributed by atoms with Gasteiger partial charge in [0.2, 0.25) is 17.8 Å². The normalized spacial score (nSPS) is 29.6. The highest BCUT2D eigenvalue weighted by Gasteiger charge is 2.29. The summed E-state index contributed by atoms with van der Waals surface area (Å²) in [6.07, 6.45) is 2.47. The average Bonchev–Trinajstić information content (AvgIpc) is 2.69. The molecule has 3 rings (SSSR count). The molecule has 2 unspecified atom stereocenters. The number of anilines is 3.